The van der Waals surface area contributed by atoms with Crippen molar-refractivity contribution in [1.82, 2.24) is 0 Å². The lowest BCUT2D eigenvalue weighted by molar-refractivity contribution is -0.0498. The Bertz CT molecular complexity index is 664. The smallest absolute Gasteiger partial charge is 0.387 e. The van der Waals surface area contributed by atoms with Crippen molar-refractivity contribution in [1.29, 1.82) is 0 Å². The van der Waals surface area contributed by atoms with E-state index in [4.69, 9.17) is 11.6 Å². The molecule has 2 aromatic carbocycles. The van der Waals surface area contributed by atoms with E-state index < -0.39 is 12.5 Å². The predicted molar refractivity (Wildman–Crippen MR) is 74.1 cm³/mol. The minimum Gasteiger partial charge on any atom is -0.506 e. The van der Waals surface area contributed by atoms with Crippen molar-refractivity contribution in [3.63, 3.8) is 0 Å². The Balaban J connectivity index is 2.14. The van der Waals surface area contributed by atoms with Crippen molar-refractivity contribution in [2.45, 2.75) is 6.61 Å². The Morgan fingerprint density at radius 2 is 2.00 bits per heavy atom. The van der Waals surface area contributed by atoms with Crippen molar-refractivity contribution in [3.05, 3.63) is 53.1 Å². The average molecular weight is 314 g/mol. The number of alkyl halides is 2. The number of rotatable bonds is 4. The highest BCUT2D eigenvalue weighted by molar-refractivity contribution is 6.32. The summed E-state index contributed by atoms with van der Waals surface area (Å²) in [4.78, 5) is 12.0. The van der Waals surface area contributed by atoms with E-state index in [1.54, 1.807) is 0 Å². The monoisotopic (exact) mass is 313 g/mol. The van der Waals surface area contributed by atoms with Gasteiger partial charge in [-0.05, 0) is 30.3 Å². The molecule has 0 saturated carbocycles. The van der Waals surface area contributed by atoms with Crippen LogP contribution in [0.15, 0.2) is 42.5 Å². The number of carbonyl (C=O) groups is 1. The van der Waals surface area contributed by atoms with Gasteiger partial charge in [0.2, 0.25) is 0 Å². The number of benzene rings is 2. The molecule has 7 heteroatoms. The molecule has 0 bridgehead atoms. The fraction of sp³-hybridized carbons (Fsp3) is 0.0714. The Morgan fingerprint density at radius 3 is 2.67 bits per heavy atom. The number of ether oxygens (including phenoxy) is 1. The van der Waals surface area contributed by atoms with Gasteiger partial charge in [0, 0.05) is 17.3 Å². The first-order valence-electron chi connectivity index (χ1n) is 5.80. The Morgan fingerprint density at radius 1 is 1.24 bits per heavy atom. The summed E-state index contributed by atoms with van der Waals surface area (Å²) >= 11 is 5.65. The van der Waals surface area contributed by atoms with Crippen molar-refractivity contribution in [2.24, 2.45) is 0 Å². The summed E-state index contributed by atoms with van der Waals surface area (Å²) in [6.45, 7) is -2.96. The van der Waals surface area contributed by atoms with Gasteiger partial charge in [-0.3, -0.25) is 4.79 Å². The van der Waals surface area contributed by atoms with Crippen LogP contribution in [0.4, 0.5) is 14.5 Å². The summed E-state index contributed by atoms with van der Waals surface area (Å²) in [6, 6.07) is 9.58. The number of aromatic hydroxyl groups is 1. The first-order chi connectivity index (χ1) is 9.95. The number of hydrogen-bond donors (Lipinski definition) is 2. The molecule has 1 amide bonds. The molecule has 0 aromatic heterocycles. The van der Waals surface area contributed by atoms with Crippen LogP contribution < -0.4 is 10.1 Å². The quantitative estimate of drug-likeness (QED) is 0.900. The van der Waals surface area contributed by atoms with Gasteiger partial charge in [0.1, 0.15) is 11.5 Å². The summed E-state index contributed by atoms with van der Waals surface area (Å²) in [5.41, 5.74) is 0.463. The number of nitrogens with one attached hydrogen (secondary N) is 1. The maximum absolute atomic E-state index is 12.1. The van der Waals surface area contributed by atoms with Gasteiger partial charge in [0.25, 0.3) is 5.91 Å². The van der Waals surface area contributed by atoms with E-state index in [0.29, 0.717) is 5.69 Å². The molecular formula is C14H10ClF2NO3. The molecule has 0 aliphatic rings. The zero-order valence-electron chi connectivity index (χ0n) is 10.5. The number of hydrogen-bond acceptors (Lipinski definition) is 3. The Hall–Kier alpha value is -2.34. The number of phenols is 1. The topological polar surface area (TPSA) is 58.6 Å². The first-order valence-corrected chi connectivity index (χ1v) is 6.18. The van der Waals surface area contributed by atoms with E-state index in [-0.39, 0.29) is 22.1 Å². The maximum Gasteiger partial charge on any atom is 0.387 e. The van der Waals surface area contributed by atoms with E-state index in [0.717, 1.165) is 0 Å². The van der Waals surface area contributed by atoms with Gasteiger partial charge in [-0.25, -0.2) is 0 Å². The van der Waals surface area contributed by atoms with Crippen LogP contribution in [0.25, 0.3) is 0 Å². The SMILES string of the molecule is O=C(Nc1ccc(Cl)c(O)c1)c1cccc(OC(F)F)c1. The number of amides is 1. The van der Waals surface area contributed by atoms with E-state index in [1.165, 1.54) is 42.5 Å². The van der Waals surface area contributed by atoms with Crippen LogP contribution in [-0.2, 0) is 0 Å². The molecule has 21 heavy (non-hydrogen) atoms. The number of anilines is 1. The summed E-state index contributed by atoms with van der Waals surface area (Å²) in [5.74, 6) is -0.822. The first kappa shape index (κ1) is 15.1. The highest BCUT2D eigenvalue weighted by atomic mass is 35.5. The van der Waals surface area contributed by atoms with Gasteiger partial charge in [0.15, 0.2) is 0 Å². The van der Waals surface area contributed by atoms with Gasteiger partial charge in [-0.2, -0.15) is 8.78 Å². The normalized spacial score (nSPS) is 10.5. The third-order valence-electron chi connectivity index (χ3n) is 2.53. The van der Waals surface area contributed by atoms with Crippen LogP contribution >= 0.6 is 11.6 Å². The van der Waals surface area contributed by atoms with Crippen LogP contribution in [0, 0.1) is 0 Å². The minimum absolute atomic E-state index is 0.114. The molecule has 0 saturated heterocycles. The molecule has 0 unspecified atom stereocenters. The summed E-state index contributed by atoms with van der Waals surface area (Å²) in [7, 11) is 0. The van der Waals surface area contributed by atoms with Gasteiger partial charge < -0.3 is 15.2 Å². The molecule has 0 fully saturated rings. The largest absolute Gasteiger partial charge is 0.506 e. The molecule has 2 N–H and O–H groups in total. The lowest BCUT2D eigenvalue weighted by Gasteiger charge is -2.08. The number of halogens is 3. The van der Waals surface area contributed by atoms with E-state index in [1.807, 2.05) is 0 Å². The predicted octanol–water partition coefficient (Wildman–Crippen LogP) is 3.90. The van der Waals surface area contributed by atoms with Crippen molar-refractivity contribution >= 4 is 23.2 Å². The standard InChI is InChI=1S/C14H10ClF2NO3/c15-11-5-4-9(7-12(11)19)18-13(20)8-2-1-3-10(6-8)21-14(16)17/h1-7,14,19H,(H,18,20). The van der Waals surface area contributed by atoms with Crippen LogP contribution in [0.1, 0.15) is 10.4 Å². The highest BCUT2D eigenvalue weighted by Crippen LogP contribution is 2.26. The second kappa shape index (κ2) is 6.41. The van der Waals surface area contributed by atoms with Gasteiger partial charge in [-0.15, -0.1) is 0 Å². The van der Waals surface area contributed by atoms with Crippen molar-refractivity contribution in [3.8, 4) is 11.5 Å². The zero-order valence-corrected chi connectivity index (χ0v) is 11.3. The zero-order chi connectivity index (χ0) is 15.4. The fourth-order valence-corrected chi connectivity index (χ4v) is 1.72. The highest BCUT2D eigenvalue weighted by Gasteiger charge is 2.10. The van der Waals surface area contributed by atoms with Crippen LogP contribution in [0.3, 0.4) is 0 Å². The van der Waals surface area contributed by atoms with E-state index in [2.05, 4.69) is 10.1 Å². The number of phenolic OH excluding ortho intramolecular Hbond substituents is 1. The van der Waals surface area contributed by atoms with Gasteiger partial charge in [0.05, 0.1) is 5.02 Å². The maximum atomic E-state index is 12.1. The fourth-order valence-electron chi connectivity index (χ4n) is 1.61. The van der Waals surface area contributed by atoms with Crippen LogP contribution in [0.5, 0.6) is 11.5 Å². The lowest BCUT2D eigenvalue weighted by atomic mass is 10.2. The molecule has 110 valence electrons. The van der Waals surface area contributed by atoms with Crippen molar-refractivity contribution < 1.29 is 23.4 Å². The van der Waals surface area contributed by atoms with E-state index in [9.17, 15) is 18.7 Å². The Labute approximate surface area is 123 Å². The average Bonchev–Trinajstić information content (AvgIpc) is 2.42. The molecular weight excluding hydrogens is 304 g/mol. The molecule has 2 rings (SSSR count). The minimum atomic E-state index is -2.96. The lowest BCUT2D eigenvalue weighted by Crippen LogP contribution is -2.12. The van der Waals surface area contributed by atoms with Gasteiger partial charge in [-0.1, -0.05) is 17.7 Å². The third-order valence-corrected chi connectivity index (χ3v) is 2.85. The summed E-state index contributed by atoms with van der Waals surface area (Å²) < 4.78 is 28.5. The summed E-state index contributed by atoms with van der Waals surface area (Å²) in [5, 5.41) is 12.1. The molecule has 0 heterocycles. The molecule has 0 aliphatic carbocycles. The molecule has 0 spiro atoms. The van der Waals surface area contributed by atoms with Crippen LogP contribution in [-0.4, -0.2) is 17.6 Å². The second-order valence-electron chi connectivity index (χ2n) is 4.03. The van der Waals surface area contributed by atoms with Gasteiger partial charge >= 0.3 is 6.61 Å². The molecule has 0 aliphatic heterocycles. The Kier molecular flexibility index (Phi) is 4.59. The molecule has 0 atom stereocenters. The summed E-state index contributed by atoms with van der Waals surface area (Å²) in [6.07, 6.45) is 0. The second-order valence-corrected chi connectivity index (χ2v) is 4.43. The van der Waals surface area contributed by atoms with Crippen molar-refractivity contribution in [2.75, 3.05) is 5.32 Å². The molecule has 4 nitrogen and oxygen atoms in total. The van der Waals surface area contributed by atoms with E-state index >= 15 is 0 Å². The molecule has 0 radical (unpaired) electrons. The number of carbonyl (C=O) groups excluding carboxylic acids is 1. The van der Waals surface area contributed by atoms with Crippen LogP contribution in [0.2, 0.25) is 5.02 Å². The third kappa shape index (κ3) is 4.06. The molecule has 2 aromatic rings.